The number of hydrogen-bond acceptors (Lipinski definition) is 3. The van der Waals surface area contributed by atoms with Crippen LogP contribution in [0.2, 0.25) is 0 Å². The number of ether oxygens (including phenoxy) is 1. The van der Waals surface area contributed by atoms with Gasteiger partial charge in [0, 0.05) is 25.2 Å². The van der Waals surface area contributed by atoms with Gasteiger partial charge in [-0.15, -0.1) is 0 Å². The summed E-state index contributed by atoms with van der Waals surface area (Å²) >= 11 is 0. The molecule has 0 bridgehead atoms. The Kier molecular flexibility index (Phi) is 6.28. The lowest BCUT2D eigenvalue weighted by molar-refractivity contribution is -0.143. The van der Waals surface area contributed by atoms with Crippen LogP contribution < -0.4 is 5.32 Å². The SMILES string of the molecule is CC[C@@H]1C[C@H](NCc2cc(C(F)(F)F)cc(C(F)(F)F)c2)CN1C(=O)OC. The number of hydrogen-bond donors (Lipinski definition) is 1. The Morgan fingerprint density at radius 3 is 2.15 bits per heavy atom. The zero-order valence-electron chi connectivity index (χ0n) is 14.7. The lowest BCUT2D eigenvalue weighted by Crippen LogP contribution is -2.37. The van der Waals surface area contributed by atoms with Crippen LogP contribution in [0, 0.1) is 0 Å². The van der Waals surface area contributed by atoms with Crippen molar-refractivity contribution in [1.29, 1.82) is 0 Å². The molecule has 1 N–H and O–H groups in total. The highest BCUT2D eigenvalue weighted by Crippen LogP contribution is 2.36. The monoisotopic (exact) mass is 398 g/mol. The van der Waals surface area contributed by atoms with Crippen LogP contribution in [0.15, 0.2) is 18.2 Å². The maximum atomic E-state index is 12.9. The number of methoxy groups -OCH3 is 1. The van der Waals surface area contributed by atoms with Gasteiger partial charge in [0.25, 0.3) is 0 Å². The third-order valence-corrected chi connectivity index (χ3v) is 4.54. The van der Waals surface area contributed by atoms with E-state index in [9.17, 15) is 31.1 Å². The van der Waals surface area contributed by atoms with Crippen molar-refractivity contribution in [2.24, 2.45) is 0 Å². The van der Waals surface area contributed by atoms with E-state index in [0.29, 0.717) is 25.0 Å². The molecule has 1 heterocycles. The Bertz CT molecular complexity index is 642. The van der Waals surface area contributed by atoms with Crippen LogP contribution in [0.1, 0.15) is 36.5 Å². The van der Waals surface area contributed by atoms with Gasteiger partial charge in [0.1, 0.15) is 0 Å². The molecule has 1 fully saturated rings. The molecule has 1 aromatic carbocycles. The van der Waals surface area contributed by atoms with E-state index < -0.39 is 29.6 Å². The van der Waals surface area contributed by atoms with E-state index in [1.165, 1.54) is 12.0 Å². The van der Waals surface area contributed by atoms with E-state index in [1.807, 2.05) is 6.92 Å². The number of nitrogens with zero attached hydrogens (tertiary/aromatic N) is 1. The molecule has 1 saturated heterocycles. The minimum Gasteiger partial charge on any atom is -0.453 e. The molecule has 4 nitrogen and oxygen atoms in total. The summed E-state index contributed by atoms with van der Waals surface area (Å²) in [4.78, 5) is 13.2. The number of amides is 1. The van der Waals surface area contributed by atoms with Gasteiger partial charge in [-0.2, -0.15) is 26.3 Å². The van der Waals surface area contributed by atoms with Gasteiger partial charge in [-0.25, -0.2) is 4.79 Å². The second-order valence-electron chi connectivity index (χ2n) is 6.41. The number of likely N-dealkylation sites (tertiary alicyclic amines) is 1. The van der Waals surface area contributed by atoms with Crippen molar-refractivity contribution >= 4 is 6.09 Å². The van der Waals surface area contributed by atoms with Gasteiger partial charge >= 0.3 is 18.4 Å². The van der Waals surface area contributed by atoms with Gasteiger partial charge in [-0.1, -0.05) is 6.92 Å². The number of alkyl halides is 6. The van der Waals surface area contributed by atoms with Crippen LogP contribution in [0.4, 0.5) is 31.1 Å². The molecule has 1 aliphatic rings. The smallest absolute Gasteiger partial charge is 0.416 e. The molecule has 2 rings (SSSR count). The number of benzene rings is 1. The van der Waals surface area contributed by atoms with Crippen molar-refractivity contribution in [2.45, 2.75) is 50.7 Å². The highest BCUT2D eigenvalue weighted by molar-refractivity contribution is 5.68. The molecule has 0 unspecified atom stereocenters. The zero-order valence-corrected chi connectivity index (χ0v) is 14.7. The maximum absolute atomic E-state index is 12.9. The molecule has 0 aliphatic carbocycles. The second-order valence-corrected chi connectivity index (χ2v) is 6.41. The van der Waals surface area contributed by atoms with E-state index in [-0.39, 0.29) is 36.8 Å². The average molecular weight is 398 g/mol. The number of carbonyl (C=O) groups excluding carboxylic acids is 1. The Hall–Kier alpha value is -1.97. The number of carbonyl (C=O) groups is 1. The molecule has 1 amide bonds. The number of rotatable bonds is 4. The minimum atomic E-state index is -4.88. The standard InChI is InChI=1S/C17H20F6N2O2/c1-3-14-7-13(9-25(14)15(26)27-2)24-8-10-4-11(16(18,19)20)6-12(5-10)17(21,22)23/h4-6,13-14,24H,3,7-9H2,1-2H3/t13-,14+/m0/s1. The highest BCUT2D eigenvalue weighted by Gasteiger charge is 2.37. The van der Waals surface area contributed by atoms with Crippen molar-refractivity contribution in [3.63, 3.8) is 0 Å². The molecule has 152 valence electrons. The van der Waals surface area contributed by atoms with E-state index in [4.69, 9.17) is 4.74 Å². The quantitative estimate of drug-likeness (QED) is 0.763. The van der Waals surface area contributed by atoms with E-state index in [0.717, 1.165) is 0 Å². The first kappa shape index (κ1) is 21.3. The summed E-state index contributed by atoms with van der Waals surface area (Å²) < 4.78 is 82.1. The highest BCUT2D eigenvalue weighted by atomic mass is 19.4. The summed E-state index contributed by atoms with van der Waals surface area (Å²) in [7, 11) is 1.25. The minimum absolute atomic E-state index is 0.0952. The van der Waals surface area contributed by atoms with Gasteiger partial charge in [0.15, 0.2) is 0 Å². The molecular weight excluding hydrogens is 378 g/mol. The fourth-order valence-corrected chi connectivity index (χ4v) is 3.18. The molecule has 2 atom stereocenters. The lowest BCUT2D eigenvalue weighted by atomic mass is 10.0. The first-order valence-corrected chi connectivity index (χ1v) is 8.32. The largest absolute Gasteiger partial charge is 0.453 e. The summed E-state index contributed by atoms with van der Waals surface area (Å²) in [5, 5.41) is 2.94. The van der Waals surface area contributed by atoms with Crippen LogP contribution in [0.3, 0.4) is 0 Å². The molecular formula is C17H20F6N2O2. The molecule has 10 heteroatoms. The normalized spacial score (nSPS) is 20.8. The molecule has 0 radical (unpaired) electrons. The third-order valence-electron chi connectivity index (χ3n) is 4.54. The van der Waals surface area contributed by atoms with Crippen molar-refractivity contribution in [2.75, 3.05) is 13.7 Å². The van der Waals surface area contributed by atoms with Crippen LogP contribution in [0.25, 0.3) is 0 Å². The average Bonchev–Trinajstić information content (AvgIpc) is 3.01. The van der Waals surface area contributed by atoms with Crippen LogP contribution >= 0.6 is 0 Å². The van der Waals surface area contributed by atoms with Gasteiger partial charge in [0.2, 0.25) is 0 Å². The van der Waals surface area contributed by atoms with Gasteiger partial charge in [0.05, 0.1) is 18.2 Å². The fourth-order valence-electron chi connectivity index (χ4n) is 3.18. The van der Waals surface area contributed by atoms with Gasteiger partial charge < -0.3 is 15.0 Å². The summed E-state index contributed by atoms with van der Waals surface area (Å²) in [6.45, 7) is 1.98. The third kappa shape index (κ3) is 5.27. The first-order chi connectivity index (χ1) is 12.5. The Morgan fingerprint density at radius 1 is 1.15 bits per heavy atom. The fraction of sp³-hybridized carbons (Fsp3) is 0.588. The Balaban J connectivity index is 2.15. The summed E-state index contributed by atoms with van der Waals surface area (Å²) in [6.07, 6.45) is -9.06. The molecule has 27 heavy (non-hydrogen) atoms. The lowest BCUT2D eigenvalue weighted by Gasteiger charge is -2.21. The van der Waals surface area contributed by atoms with Crippen molar-refractivity contribution in [3.8, 4) is 0 Å². The van der Waals surface area contributed by atoms with Gasteiger partial charge in [-0.3, -0.25) is 0 Å². The molecule has 1 aliphatic heterocycles. The Morgan fingerprint density at radius 2 is 1.70 bits per heavy atom. The summed E-state index contributed by atoms with van der Waals surface area (Å²) in [5.41, 5.74) is -2.81. The maximum Gasteiger partial charge on any atom is 0.416 e. The second kappa shape index (κ2) is 7.95. The first-order valence-electron chi connectivity index (χ1n) is 8.32. The van der Waals surface area contributed by atoms with Crippen LogP contribution in [-0.4, -0.2) is 36.7 Å². The van der Waals surface area contributed by atoms with Crippen molar-refractivity contribution < 1.29 is 35.9 Å². The topological polar surface area (TPSA) is 41.6 Å². The van der Waals surface area contributed by atoms with Gasteiger partial charge in [-0.05, 0) is 36.6 Å². The summed E-state index contributed by atoms with van der Waals surface area (Å²) in [5.74, 6) is 0. The zero-order chi connectivity index (χ0) is 20.4. The number of halogens is 6. The Labute approximate surface area is 152 Å². The summed E-state index contributed by atoms with van der Waals surface area (Å²) in [6, 6.07) is 1.16. The predicted octanol–water partition coefficient (Wildman–Crippen LogP) is 4.43. The van der Waals surface area contributed by atoms with Crippen LogP contribution in [-0.2, 0) is 23.6 Å². The number of nitrogens with one attached hydrogen (secondary N) is 1. The van der Waals surface area contributed by atoms with E-state index in [1.54, 1.807) is 0 Å². The molecule has 1 aromatic rings. The van der Waals surface area contributed by atoms with E-state index >= 15 is 0 Å². The van der Waals surface area contributed by atoms with Crippen molar-refractivity contribution in [1.82, 2.24) is 10.2 Å². The van der Waals surface area contributed by atoms with E-state index in [2.05, 4.69) is 5.32 Å². The van der Waals surface area contributed by atoms with Crippen LogP contribution in [0.5, 0.6) is 0 Å². The predicted molar refractivity (Wildman–Crippen MR) is 84.9 cm³/mol. The molecule has 0 saturated carbocycles. The van der Waals surface area contributed by atoms with Crippen molar-refractivity contribution in [3.05, 3.63) is 34.9 Å². The molecule has 0 aromatic heterocycles. The molecule has 0 spiro atoms.